The normalized spacial score (nSPS) is 11.1. The average Bonchev–Trinajstić information content (AvgIpc) is 3.89. The van der Waals surface area contributed by atoms with Crippen molar-refractivity contribution in [3.63, 3.8) is 0 Å². The maximum atomic E-state index is 10.8. The number of aromatic amines is 1. The quantitative estimate of drug-likeness (QED) is 0.128. The van der Waals surface area contributed by atoms with Gasteiger partial charge in [-0.25, -0.2) is 4.79 Å². The van der Waals surface area contributed by atoms with Crippen molar-refractivity contribution in [3.05, 3.63) is 160 Å². The largest absolute Gasteiger partial charge is 0.465 e. The number of aromatic nitrogens is 6. The first-order valence-electron chi connectivity index (χ1n) is 17.2. The Hall–Kier alpha value is -6.00. The number of H-pyrrole nitrogens is 1. The van der Waals surface area contributed by atoms with Crippen LogP contribution in [-0.2, 0) is 23.9 Å². The van der Waals surface area contributed by atoms with E-state index in [0.717, 1.165) is 11.4 Å². The van der Waals surface area contributed by atoms with E-state index in [1.165, 1.54) is 46.8 Å². The van der Waals surface area contributed by atoms with E-state index in [9.17, 15) is 4.79 Å². The van der Waals surface area contributed by atoms with Gasteiger partial charge in [-0.1, -0.05) is 107 Å². The van der Waals surface area contributed by atoms with E-state index in [4.69, 9.17) is 19.2 Å². The second-order valence-electron chi connectivity index (χ2n) is 12.0. The molecule has 3 unspecified atom stereocenters. The topological polar surface area (TPSA) is 159 Å². The van der Waals surface area contributed by atoms with Crippen LogP contribution in [-0.4, -0.2) is 55.1 Å². The summed E-state index contributed by atoms with van der Waals surface area (Å²) < 4.78 is 8.58. The van der Waals surface area contributed by atoms with Crippen molar-refractivity contribution in [3.8, 4) is 0 Å². The molecule has 0 aliphatic carbocycles. The Labute approximate surface area is 331 Å². The number of aryl methyl sites for hydroxylation is 4. The standard InChI is InChI=1S/2C13H16N2.C8H9Br.C6H8N2O2.2CO2/c1-10-9-15(14-11(10)2)12(3)13-7-5-4-6-8-13;1-10-9-14-15(11(10)2)12(3)13-7-5-4-6-8-13;1-7(9)8-5-3-2-4-6-8;1-4-5(3-7-8-4)6(9)10-2;2*2-1-3/h2*4-9,12H,1-3H3;2-7H,1H3;3H,1-2H3,(H,7,8);;. The van der Waals surface area contributed by atoms with Crippen LogP contribution in [0, 0.1) is 34.6 Å². The molecular weight excluding hydrogens is 764 g/mol. The molecule has 290 valence electrons. The predicted molar refractivity (Wildman–Crippen MR) is 212 cm³/mol. The predicted octanol–water partition coefficient (Wildman–Crippen LogP) is 8.70. The van der Waals surface area contributed by atoms with Crippen molar-refractivity contribution in [1.82, 2.24) is 29.8 Å². The molecule has 0 saturated heterocycles. The number of nitrogens with one attached hydrogen (secondary N) is 1. The van der Waals surface area contributed by atoms with Crippen molar-refractivity contribution in [1.29, 1.82) is 0 Å². The summed E-state index contributed by atoms with van der Waals surface area (Å²) in [5.41, 5.74) is 9.98. The minimum atomic E-state index is -0.355. The third kappa shape index (κ3) is 16.3. The zero-order valence-electron chi connectivity index (χ0n) is 32.7. The Morgan fingerprint density at radius 1 is 0.709 bits per heavy atom. The number of nitrogens with zero attached hydrogens (tertiary/aromatic N) is 5. The summed E-state index contributed by atoms with van der Waals surface area (Å²) in [6, 6.07) is 31.8. The Bertz CT molecular complexity index is 2000. The molecule has 0 bridgehead atoms. The summed E-state index contributed by atoms with van der Waals surface area (Å²) in [5, 5.41) is 15.2. The molecule has 0 amide bonds. The lowest BCUT2D eigenvalue weighted by Gasteiger charge is -2.14. The Kier molecular flexibility index (Phi) is 22.1. The first-order chi connectivity index (χ1) is 26.3. The number of methoxy groups -OCH3 is 1. The fraction of sp³-hybridized carbons (Fsp3) is 0.286. The highest BCUT2D eigenvalue weighted by Crippen LogP contribution is 2.21. The third-order valence-corrected chi connectivity index (χ3v) is 8.80. The van der Waals surface area contributed by atoms with Gasteiger partial charge in [0.1, 0.15) is 5.56 Å². The number of benzene rings is 3. The number of rotatable bonds is 6. The molecular formula is C42H49BrN6O6. The lowest BCUT2D eigenvalue weighted by atomic mass is 10.1. The highest BCUT2D eigenvalue weighted by Gasteiger charge is 2.12. The molecule has 1 N–H and O–H groups in total. The highest BCUT2D eigenvalue weighted by atomic mass is 79.9. The van der Waals surface area contributed by atoms with Crippen LogP contribution >= 0.6 is 15.9 Å². The molecule has 0 aliphatic heterocycles. The summed E-state index contributed by atoms with van der Waals surface area (Å²) in [6.45, 7) is 16.6. The Balaban J connectivity index is 0.000000356. The average molecular weight is 814 g/mol. The molecule has 3 heterocycles. The van der Waals surface area contributed by atoms with E-state index in [-0.39, 0.29) is 18.3 Å². The second kappa shape index (κ2) is 25.9. The lowest BCUT2D eigenvalue weighted by Crippen LogP contribution is -2.10. The summed E-state index contributed by atoms with van der Waals surface area (Å²) in [4.78, 5) is 43.8. The molecule has 55 heavy (non-hydrogen) atoms. The maximum absolute atomic E-state index is 10.8. The molecule has 6 rings (SSSR count). The van der Waals surface area contributed by atoms with Crippen LogP contribution in [0.1, 0.15) is 92.9 Å². The molecule has 0 aliphatic rings. The van der Waals surface area contributed by atoms with Gasteiger partial charge in [-0.3, -0.25) is 14.5 Å². The van der Waals surface area contributed by atoms with E-state index in [1.807, 2.05) is 48.1 Å². The molecule has 0 saturated carbocycles. The molecule has 12 nitrogen and oxygen atoms in total. The van der Waals surface area contributed by atoms with Gasteiger partial charge in [0.25, 0.3) is 0 Å². The van der Waals surface area contributed by atoms with Crippen LogP contribution in [0.25, 0.3) is 0 Å². The van der Waals surface area contributed by atoms with Gasteiger partial charge in [0.15, 0.2) is 0 Å². The number of carbonyl (C=O) groups excluding carboxylic acids is 5. The molecule has 0 fully saturated rings. The second-order valence-corrected chi connectivity index (χ2v) is 13.4. The minimum absolute atomic E-state index is 0.250. The summed E-state index contributed by atoms with van der Waals surface area (Å²) in [6.07, 6.45) is 5.98. The van der Waals surface area contributed by atoms with Crippen molar-refractivity contribution < 1.29 is 28.7 Å². The first kappa shape index (κ1) is 47.0. The molecule has 3 atom stereocenters. The van der Waals surface area contributed by atoms with Gasteiger partial charge in [0.2, 0.25) is 0 Å². The van der Waals surface area contributed by atoms with Gasteiger partial charge in [-0.05, 0) is 83.2 Å². The first-order valence-corrected chi connectivity index (χ1v) is 18.1. The van der Waals surface area contributed by atoms with Gasteiger partial charge in [-0.2, -0.15) is 34.5 Å². The van der Waals surface area contributed by atoms with Crippen molar-refractivity contribution in [2.24, 2.45) is 0 Å². The van der Waals surface area contributed by atoms with Gasteiger partial charge >= 0.3 is 18.3 Å². The van der Waals surface area contributed by atoms with Crippen molar-refractivity contribution in [2.75, 3.05) is 7.11 Å². The molecule has 13 heteroatoms. The Morgan fingerprint density at radius 2 is 1.16 bits per heavy atom. The molecule has 0 radical (unpaired) electrons. The number of halogens is 1. The number of hydrogen-bond donors (Lipinski definition) is 1. The fourth-order valence-corrected chi connectivity index (χ4v) is 5.12. The van der Waals surface area contributed by atoms with Crippen LogP contribution in [0.2, 0.25) is 0 Å². The maximum Gasteiger partial charge on any atom is 0.373 e. The van der Waals surface area contributed by atoms with Crippen LogP contribution in [0.5, 0.6) is 0 Å². The molecule has 3 aromatic heterocycles. The summed E-state index contributed by atoms with van der Waals surface area (Å²) in [7, 11) is 1.34. The van der Waals surface area contributed by atoms with E-state index in [2.05, 4.69) is 154 Å². The molecule has 6 aromatic rings. The van der Waals surface area contributed by atoms with E-state index in [0.29, 0.717) is 22.5 Å². The molecule has 3 aromatic carbocycles. The van der Waals surface area contributed by atoms with Gasteiger partial charge in [-0.15, -0.1) is 0 Å². The Morgan fingerprint density at radius 3 is 1.49 bits per heavy atom. The smallest absolute Gasteiger partial charge is 0.373 e. The van der Waals surface area contributed by atoms with Crippen molar-refractivity contribution >= 4 is 34.2 Å². The SMILES string of the molecule is CC(Br)c1ccccc1.COC(=O)c1cn[nH]c1C.Cc1cn(C(C)c2ccccc2)nc1C.Cc1cnn(C(C)c2ccccc2)c1C.O=C=O.O=C=O. The molecule has 0 spiro atoms. The monoisotopic (exact) mass is 812 g/mol. The van der Waals surface area contributed by atoms with Crippen LogP contribution in [0.15, 0.2) is 110 Å². The van der Waals surface area contributed by atoms with Crippen LogP contribution in [0.3, 0.4) is 0 Å². The highest BCUT2D eigenvalue weighted by molar-refractivity contribution is 9.09. The number of alkyl halides is 1. The van der Waals surface area contributed by atoms with Gasteiger partial charge in [0, 0.05) is 22.4 Å². The number of ether oxygens (including phenoxy) is 1. The van der Waals surface area contributed by atoms with Crippen LogP contribution < -0.4 is 0 Å². The van der Waals surface area contributed by atoms with E-state index in [1.54, 1.807) is 6.92 Å². The lowest BCUT2D eigenvalue weighted by molar-refractivity contribution is -0.193. The minimum Gasteiger partial charge on any atom is -0.465 e. The van der Waals surface area contributed by atoms with E-state index < -0.39 is 0 Å². The zero-order valence-corrected chi connectivity index (χ0v) is 34.3. The fourth-order valence-electron chi connectivity index (χ4n) is 4.81. The number of esters is 1. The van der Waals surface area contributed by atoms with Crippen LogP contribution in [0.4, 0.5) is 0 Å². The number of hydrogen-bond acceptors (Lipinski definition) is 9. The van der Waals surface area contributed by atoms with Crippen molar-refractivity contribution in [2.45, 2.75) is 72.3 Å². The third-order valence-electron chi connectivity index (χ3n) is 8.27. The number of carbonyl (C=O) groups is 1. The summed E-state index contributed by atoms with van der Waals surface area (Å²) in [5.74, 6) is -0.355. The van der Waals surface area contributed by atoms with E-state index >= 15 is 0 Å². The zero-order chi connectivity index (χ0) is 41.3. The summed E-state index contributed by atoms with van der Waals surface area (Å²) >= 11 is 3.48. The van der Waals surface area contributed by atoms with Gasteiger partial charge < -0.3 is 4.74 Å². The van der Waals surface area contributed by atoms with Gasteiger partial charge in [0.05, 0.1) is 37.3 Å².